The molecule has 0 spiro atoms. The molecule has 128 valence electrons. The molecular weight excluding hydrogens is 352 g/mol. The fourth-order valence-corrected chi connectivity index (χ4v) is 3.43. The van der Waals surface area contributed by atoms with Gasteiger partial charge in [-0.3, -0.25) is 10.9 Å². The van der Waals surface area contributed by atoms with E-state index in [0.717, 1.165) is 11.3 Å². The number of sulfonamides is 1. The molecule has 0 aliphatic rings. The molecular formula is C14H17ClN6O2S. The molecule has 0 unspecified atom stereocenters. The van der Waals surface area contributed by atoms with Crippen molar-refractivity contribution in [1.82, 2.24) is 20.1 Å². The first kappa shape index (κ1) is 18.1. The summed E-state index contributed by atoms with van der Waals surface area (Å²) in [5, 5.41) is 10.1. The number of nitrogens with two attached hydrogens (primary N) is 1. The molecule has 0 saturated carbocycles. The van der Waals surface area contributed by atoms with Crippen molar-refractivity contribution in [3.63, 3.8) is 0 Å². The molecule has 0 amide bonds. The van der Waals surface area contributed by atoms with Crippen LogP contribution in [0.3, 0.4) is 0 Å². The van der Waals surface area contributed by atoms with Crippen molar-refractivity contribution in [3.05, 3.63) is 48.0 Å². The summed E-state index contributed by atoms with van der Waals surface area (Å²) in [4.78, 5) is 0.117. The van der Waals surface area contributed by atoms with Gasteiger partial charge in [-0.15, -0.1) is 17.5 Å². The number of rotatable bonds is 6. The molecule has 0 aliphatic heterocycles. The van der Waals surface area contributed by atoms with Crippen LogP contribution in [0.15, 0.2) is 47.4 Å². The zero-order valence-electron chi connectivity index (χ0n) is 12.6. The molecule has 3 aromatic rings. The van der Waals surface area contributed by atoms with Gasteiger partial charge in [-0.2, -0.15) is 0 Å². The van der Waals surface area contributed by atoms with E-state index in [-0.39, 0.29) is 23.8 Å². The molecule has 0 atom stereocenters. The van der Waals surface area contributed by atoms with Crippen LogP contribution in [0.5, 0.6) is 0 Å². The van der Waals surface area contributed by atoms with Crippen molar-refractivity contribution in [3.8, 4) is 0 Å². The Hall–Kier alpha value is -2.20. The zero-order chi connectivity index (χ0) is 16.3. The van der Waals surface area contributed by atoms with Gasteiger partial charge in [0.15, 0.2) is 0 Å². The number of fused-ring (bicyclic) bond motifs is 1. The number of nitrogen functional groups attached to an aromatic ring is 1. The number of aromatic amines is 1. The highest BCUT2D eigenvalue weighted by atomic mass is 35.5. The van der Waals surface area contributed by atoms with Crippen LogP contribution in [-0.2, 0) is 16.4 Å². The van der Waals surface area contributed by atoms with Gasteiger partial charge in [-0.05, 0) is 36.2 Å². The van der Waals surface area contributed by atoms with E-state index < -0.39 is 10.0 Å². The molecule has 0 fully saturated rings. The van der Waals surface area contributed by atoms with Crippen LogP contribution >= 0.6 is 12.4 Å². The number of anilines is 1. The van der Waals surface area contributed by atoms with Crippen LogP contribution < -0.4 is 16.0 Å². The van der Waals surface area contributed by atoms with Gasteiger partial charge in [-0.1, -0.05) is 23.4 Å². The van der Waals surface area contributed by atoms with E-state index in [1.807, 2.05) is 24.3 Å². The number of H-pyrrole nitrogens is 1. The van der Waals surface area contributed by atoms with Crippen LogP contribution in [-0.4, -0.2) is 30.4 Å². The van der Waals surface area contributed by atoms with Crippen LogP contribution in [0.2, 0.25) is 0 Å². The van der Waals surface area contributed by atoms with Crippen LogP contribution in [0.25, 0.3) is 11.0 Å². The van der Waals surface area contributed by atoms with Crippen LogP contribution in [0.4, 0.5) is 5.69 Å². The fourth-order valence-electron chi connectivity index (χ4n) is 2.24. The van der Waals surface area contributed by atoms with Crippen molar-refractivity contribution in [2.45, 2.75) is 11.3 Å². The average Bonchev–Trinajstić information content (AvgIpc) is 3.03. The Bertz CT molecular complexity index is 910. The van der Waals surface area contributed by atoms with Crippen LogP contribution in [0.1, 0.15) is 5.56 Å². The summed E-state index contributed by atoms with van der Waals surface area (Å²) in [7, 11) is -3.64. The summed E-state index contributed by atoms with van der Waals surface area (Å²) in [6, 6.07) is 12.3. The first-order valence-electron chi connectivity index (χ1n) is 6.95. The Balaban J connectivity index is 0.00000208. The Kier molecular flexibility index (Phi) is 5.73. The molecule has 5 N–H and O–H groups in total. The molecule has 3 rings (SSSR count). The number of halogens is 1. The Morgan fingerprint density at radius 1 is 1.12 bits per heavy atom. The smallest absolute Gasteiger partial charge is 0.242 e. The molecule has 8 nitrogen and oxygen atoms in total. The molecule has 0 bridgehead atoms. The summed E-state index contributed by atoms with van der Waals surface area (Å²) in [5.41, 5.74) is 5.26. The first-order valence-corrected chi connectivity index (χ1v) is 8.43. The molecule has 1 heterocycles. The van der Waals surface area contributed by atoms with E-state index in [0.29, 0.717) is 17.5 Å². The van der Waals surface area contributed by atoms with Gasteiger partial charge in [0.05, 0.1) is 5.52 Å². The molecule has 0 aliphatic carbocycles. The SMILES string of the molecule is Cl.NNc1ccc(CCNS(=O)(=O)c2cccc3[nH]nnc23)cc1. The molecule has 0 radical (unpaired) electrons. The summed E-state index contributed by atoms with van der Waals surface area (Å²) >= 11 is 0. The van der Waals surface area contributed by atoms with Crippen molar-refractivity contribution in [2.75, 3.05) is 12.0 Å². The number of hydrazine groups is 1. The maximum atomic E-state index is 12.4. The predicted octanol–water partition coefficient (Wildman–Crippen LogP) is 1.19. The van der Waals surface area contributed by atoms with E-state index >= 15 is 0 Å². The predicted molar refractivity (Wildman–Crippen MR) is 94.3 cm³/mol. The Morgan fingerprint density at radius 3 is 2.58 bits per heavy atom. The largest absolute Gasteiger partial charge is 0.324 e. The summed E-state index contributed by atoms with van der Waals surface area (Å²) in [6.45, 7) is 0.284. The Labute approximate surface area is 145 Å². The highest BCUT2D eigenvalue weighted by molar-refractivity contribution is 7.89. The minimum Gasteiger partial charge on any atom is -0.324 e. The minimum absolute atomic E-state index is 0. The quantitative estimate of drug-likeness (QED) is 0.382. The van der Waals surface area contributed by atoms with Gasteiger partial charge in [0, 0.05) is 12.2 Å². The summed E-state index contributed by atoms with van der Waals surface area (Å²) in [5.74, 6) is 5.30. The number of nitrogens with one attached hydrogen (secondary N) is 3. The lowest BCUT2D eigenvalue weighted by Crippen LogP contribution is -2.26. The normalized spacial score (nSPS) is 11.2. The van der Waals surface area contributed by atoms with E-state index in [2.05, 4.69) is 25.6 Å². The topological polar surface area (TPSA) is 126 Å². The molecule has 2 aromatic carbocycles. The maximum absolute atomic E-state index is 12.4. The monoisotopic (exact) mass is 368 g/mol. The number of benzene rings is 2. The van der Waals surface area contributed by atoms with Gasteiger partial charge in [0.2, 0.25) is 10.0 Å². The van der Waals surface area contributed by atoms with E-state index in [9.17, 15) is 8.42 Å². The zero-order valence-corrected chi connectivity index (χ0v) is 14.2. The standard InChI is InChI=1S/C14H16N6O2S.ClH/c15-17-11-6-4-10(5-7-11)8-9-16-23(21,22)13-3-1-2-12-14(13)19-20-18-12;/h1-7,16-17H,8-9,15H2,(H,18,19,20);1H. The van der Waals surface area contributed by atoms with Crippen molar-refractivity contribution in [1.29, 1.82) is 0 Å². The van der Waals surface area contributed by atoms with Crippen molar-refractivity contribution in [2.24, 2.45) is 5.84 Å². The number of nitrogens with zero attached hydrogens (tertiary/aromatic N) is 2. The third-order valence-corrected chi connectivity index (χ3v) is 4.93. The van der Waals surface area contributed by atoms with E-state index in [4.69, 9.17) is 5.84 Å². The van der Waals surface area contributed by atoms with Crippen LogP contribution in [0, 0.1) is 0 Å². The van der Waals surface area contributed by atoms with Gasteiger partial charge in [0.25, 0.3) is 0 Å². The maximum Gasteiger partial charge on any atom is 0.242 e. The highest BCUT2D eigenvalue weighted by Gasteiger charge is 2.18. The first-order chi connectivity index (χ1) is 11.1. The third kappa shape index (κ3) is 3.82. The molecule has 10 heteroatoms. The second-order valence-corrected chi connectivity index (χ2v) is 6.69. The van der Waals surface area contributed by atoms with Gasteiger partial charge < -0.3 is 5.43 Å². The van der Waals surface area contributed by atoms with E-state index in [1.165, 1.54) is 6.07 Å². The average molecular weight is 369 g/mol. The van der Waals surface area contributed by atoms with Gasteiger partial charge >= 0.3 is 0 Å². The fraction of sp³-hybridized carbons (Fsp3) is 0.143. The van der Waals surface area contributed by atoms with Crippen molar-refractivity contribution >= 4 is 39.2 Å². The second-order valence-electron chi connectivity index (χ2n) is 4.95. The third-order valence-electron chi connectivity index (χ3n) is 3.44. The van der Waals surface area contributed by atoms with Gasteiger partial charge in [-0.25, -0.2) is 13.1 Å². The second kappa shape index (κ2) is 7.58. The summed E-state index contributed by atoms with van der Waals surface area (Å²) < 4.78 is 27.4. The van der Waals surface area contributed by atoms with E-state index in [1.54, 1.807) is 12.1 Å². The lowest BCUT2D eigenvalue weighted by Gasteiger charge is -2.07. The molecule has 0 saturated heterocycles. The number of aromatic nitrogens is 3. The molecule has 24 heavy (non-hydrogen) atoms. The lowest BCUT2D eigenvalue weighted by atomic mass is 10.1. The minimum atomic E-state index is -3.64. The number of hydrogen-bond acceptors (Lipinski definition) is 6. The molecule has 1 aromatic heterocycles. The summed E-state index contributed by atoms with van der Waals surface area (Å²) in [6.07, 6.45) is 0.568. The van der Waals surface area contributed by atoms with Gasteiger partial charge in [0.1, 0.15) is 10.4 Å². The van der Waals surface area contributed by atoms with Crippen molar-refractivity contribution < 1.29 is 8.42 Å². The lowest BCUT2D eigenvalue weighted by molar-refractivity contribution is 0.582. The number of hydrogen-bond donors (Lipinski definition) is 4. The highest BCUT2D eigenvalue weighted by Crippen LogP contribution is 2.18. The Morgan fingerprint density at radius 2 is 1.88 bits per heavy atom.